The molecule has 1 aliphatic heterocycles. The van der Waals surface area contributed by atoms with Gasteiger partial charge in [-0.25, -0.2) is 4.79 Å². The highest BCUT2D eigenvalue weighted by Gasteiger charge is 2.35. The minimum atomic E-state index is -0.909. The number of carbonyl (C=O) groups excluding carboxylic acids is 1. The van der Waals surface area contributed by atoms with Gasteiger partial charge in [-0.15, -0.1) is 0 Å². The molecule has 1 aromatic rings. The Morgan fingerprint density at radius 3 is 2.63 bits per heavy atom. The van der Waals surface area contributed by atoms with E-state index in [-0.39, 0.29) is 11.8 Å². The largest absolute Gasteiger partial charge is 0.480 e. The summed E-state index contributed by atoms with van der Waals surface area (Å²) < 4.78 is 0. The summed E-state index contributed by atoms with van der Waals surface area (Å²) in [6.07, 6.45) is 1.30. The summed E-state index contributed by atoms with van der Waals surface area (Å²) in [5.41, 5.74) is 1.61. The predicted molar refractivity (Wildman–Crippen MR) is 72.2 cm³/mol. The Kier molecular flexibility index (Phi) is 3.88. The van der Waals surface area contributed by atoms with Crippen LogP contribution in [0, 0.1) is 0 Å². The van der Waals surface area contributed by atoms with Crippen LogP contribution in [0.15, 0.2) is 24.3 Å². The smallest absolute Gasteiger partial charge is 0.326 e. The van der Waals surface area contributed by atoms with E-state index in [9.17, 15) is 9.59 Å². The molecule has 1 amide bonds. The monoisotopic (exact) mass is 261 g/mol. The second-order valence-corrected chi connectivity index (χ2v) is 5.24. The molecule has 0 unspecified atom stereocenters. The molecule has 1 aliphatic rings. The lowest BCUT2D eigenvalue weighted by Crippen LogP contribution is -2.40. The van der Waals surface area contributed by atoms with Gasteiger partial charge >= 0.3 is 5.97 Å². The average molecular weight is 261 g/mol. The van der Waals surface area contributed by atoms with Crippen LogP contribution in [-0.4, -0.2) is 34.5 Å². The topological polar surface area (TPSA) is 57.6 Å². The van der Waals surface area contributed by atoms with Gasteiger partial charge in [0.2, 0.25) is 0 Å². The van der Waals surface area contributed by atoms with E-state index in [1.165, 1.54) is 4.90 Å². The number of carboxylic acids is 1. The molecule has 1 fully saturated rings. The molecule has 0 aliphatic carbocycles. The van der Waals surface area contributed by atoms with Crippen molar-refractivity contribution in [2.45, 2.75) is 38.6 Å². The van der Waals surface area contributed by atoms with E-state index in [2.05, 4.69) is 0 Å². The number of carboxylic acid groups (broad SMARTS) is 1. The molecule has 0 bridgehead atoms. The van der Waals surface area contributed by atoms with E-state index in [0.717, 1.165) is 12.0 Å². The van der Waals surface area contributed by atoms with Crippen LogP contribution < -0.4 is 0 Å². The van der Waals surface area contributed by atoms with Crippen molar-refractivity contribution in [2.75, 3.05) is 6.54 Å². The molecule has 0 radical (unpaired) electrons. The molecule has 1 atom stereocenters. The molecule has 0 saturated carbocycles. The third-order valence-electron chi connectivity index (χ3n) is 3.61. The van der Waals surface area contributed by atoms with Crippen LogP contribution >= 0.6 is 0 Å². The van der Waals surface area contributed by atoms with Crippen molar-refractivity contribution in [3.8, 4) is 0 Å². The van der Waals surface area contributed by atoms with Crippen LogP contribution in [0.1, 0.15) is 48.5 Å². The highest BCUT2D eigenvalue weighted by Crippen LogP contribution is 2.25. The SMILES string of the molecule is CC(C)c1ccccc1C(=O)N1CCC[C@H]1C(=O)O. The first-order valence-corrected chi connectivity index (χ1v) is 6.65. The van der Waals surface area contributed by atoms with Gasteiger partial charge in [0, 0.05) is 12.1 Å². The molecule has 19 heavy (non-hydrogen) atoms. The first kappa shape index (κ1) is 13.6. The number of carbonyl (C=O) groups is 2. The Morgan fingerprint density at radius 2 is 2.00 bits per heavy atom. The summed E-state index contributed by atoms with van der Waals surface area (Å²) >= 11 is 0. The van der Waals surface area contributed by atoms with Crippen LogP contribution in [0.4, 0.5) is 0 Å². The molecular weight excluding hydrogens is 242 g/mol. The van der Waals surface area contributed by atoms with E-state index in [0.29, 0.717) is 18.5 Å². The maximum atomic E-state index is 12.5. The van der Waals surface area contributed by atoms with Crippen molar-refractivity contribution in [3.63, 3.8) is 0 Å². The van der Waals surface area contributed by atoms with Crippen molar-refractivity contribution in [2.24, 2.45) is 0 Å². The van der Waals surface area contributed by atoms with E-state index in [4.69, 9.17) is 5.11 Å². The van der Waals surface area contributed by atoms with Crippen molar-refractivity contribution in [3.05, 3.63) is 35.4 Å². The van der Waals surface area contributed by atoms with Crippen molar-refractivity contribution < 1.29 is 14.7 Å². The number of amides is 1. The summed E-state index contributed by atoms with van der Waals surface area (Å²) in [7, 11) is 0. The van der Waals surface area contributed by atoms with Gasteiger partial charge in [-0.1, -0.05) is 32.0 Å². The van der Waals surface area contributed by atoms with Crippen molar-refractivity contribution >= 4 is 11.9 Å². The van der Waals surface area contributed by atoms with Gasteiger partial charge in [0.25, 0.3) is 5.91 Å². The minimum Gasteiger partial charge on any atom is -0.480 e. The first-order valence-electron chi connectivity index (χ1n) is 6.65. The number of nitrogens with zero attached hydrogens (tertiary/aromatic N) is 1. The zero-order chi connectivity index (χ0) is 14.0. The number of hydrogen-bond donors (Lipinski definition) is 1. The molecular formula is C15H19NO3. The molecule has 1 aromatic carbocycles. The van der Waals surface area contributed by atoms with Gasteiger partial charge in [-0.2, -0.15) is 0 Å². The molecule has 4 heteroatoms. The highest BCUT2D eigenvalue weighted by molar-refractivity contribution is 5.98. The summed E-state index contributed by atoms with van der Waals surface area (Å²) in [4.78, 5) is 25.2. The Balaban J connectivity index is 2.32. The quantitative estimate of drug-likeness (QED) is 0.909. The van der Waals surface area contributed by atoms with Crippen LogP contribution in [0.5, 0.6) is 0 Å². The van der Waals surface area contributed by atoms with Gasteiger partial charge in [0.15, 0.2) is 0 Å². The van der Waals surface area contributed by atoms with Gasteiger partial charge in [-0.05, 0) is 30.4 Å². The lowest BCUT2D eigenvalue weighted by Gasteiger charge is -2.23. The second kappa shape index (κ2) is 5.43. The normalized spacial score (nSPS) is 18.9. The Bertz CT molecular complexity index is 496. The van der Waals surface area contributed by atoms with Crippen LogP contribution in [0.25, 0.3) is 0 Å². The summed E-state index contributed by atoms with van der Waals surface area (Å²) in [6.45, 7) is 4.60. The fraction of sp³-hybridized carbons (Fsp3) is 0.467. The fourth-order valence-corrected chi connectivity index (χ4v) is 2.62. The van der Waals surface area contributed by atoms with E-state index < -0.39 is 12.0 Å². The zero-order valence-corrected chi connectivity index (χ0v) is 11.3. The van der Waals surface area contributed by atoms with E-state index in [1.54, 1.807) is 6.07 Å². The fourth-order valence-electron chi connectivity index (χ4n) is 2.62. The van der Waals surface area contributed by atoms with Gasteiger partial charge < -0.3 is 10.0 Å². The van der Waals surface area contributed by atoms with E-state index >= 15 is 0 Å². The molecule has 1 saturated heterocycles. The standard InChI is InChI=1S/C15H19NO3/c1-10(2)11-6-3-4-7-12(11)14(17)16-9-5-8-13(16)15(18)19/h3-4,6-7,10,13H,5,8-9H2,1-2H3,(H,18,19)/t13-/m0/s1. The molecule has 0 aromatic heterocycles. The lowest BCUT2D eigenvalue weighted by molar-refractivity contribution is -0.141. The maximum absolute atomic E-state index is 12.5. The first-order chi connectivity index (χ1) is 9.02. The summed E-state index contributed by atoms with van der Waals surface area (Å²) in [6, 6.07) is 6.78. The zero-order valence-electron chi connectivity index (χ0n) is 11.3. The molecule has 1 N–H and O–H groups in total. The molecule has 1 heterocycles. The van der Waals surface area contributed by atoms with Crippen LogP contribution in [0.2, 0.25) is 0 Å². The average Bonchev–Trinajstić information content (AvgIpc) is 2.87. The maximum Gasteiger partial charge on any atom is 0.326 e. The number of likely N-dealkylation sites (tertiary alicyclic amines) is 1. The lowest BCUT2D eigenvalue weighted by atomic mass is 9.96. The number of hydrogen-bond acceptors (Lipinski definition) is 2. The highest BCUT2D eigenvalue weighted by atomic mass is 16.4. The molecule has 0 spiro atoms. The molecule has 2 rings (SSSR count). The van der Waals surface area contributed by atoms with Crippen molar-refractivity contribution in [1.29, 1.82) is 0 Å². The molecule has 102 valence electrons. The summed E-state index contributed by atoms with van der Waals surface area (Å²) in [5, 5.41) is 9.16. The third-order valence-corrected chi connectivity index (χ3v) is 3.61. The number of aliphatic carboxylic acids is 1. The molecule has 4 nitrogen and oxygen atoms in total. The van der Waals surface area contributed by atoms with Gasteiger partial charge in [-0.3, -0.25) is 4.79 Å². The van der Waals surface area contributed by atoms with Gasteiger partial charge in [0.05, 0.1) is 0 Å². The van der Waals surface area contributed by atoms with E-state index in [1.807, 2.05) is 32.0 Å². The number of rotatable bonds is 3. The number of benzene rings is 1. The van der Waals surface area contributed by atoms with Crippen molar-refractivity contribution in [1.82, 2.24) is 4.90 Å². The second-order valence-electron chi connectivity index (χ2n) is 5.24. The predicted octanol–water partition coefficient (Wildman–Crippen LogP) is 2.50. The van der Waals surface area contributed by atoms with Crippen LogP contribution in [-0.2, 0) is 4.79 Å². The Morgan fingerprint density at radius 1 is 1.32 bits per heavy atom. The van der Waals surface area contributed by atoms with Crippen LogP contribution in [0.3, 0.4) is 0 Å². The Labute approximate surface area is 113 Å². The third kappa shape index (κ3) is 2.62. The Hall–Kier alpha value is -1.84. The van der Waals surface area contributed by atoms with Gasteiger partial charge in [0.1, 0.15) is 6.04 Å². The summed E-state index contributed by atoms with van der Waals surface area (Å²) in [5.74, 6) is -0.826. The minimum absolute atomic E-state index is 0.158.